The van der Waals surface area contributed by atoms with Crippen molar-refractivity contribution >= 4 is 26.3 Å². The predicted octanol–water partition coefficient (Wildman–Crippen LogP) is 1.32. The molecule has 0 aromatic heterocycles. The molecule has 0 saturated carbocycles. The summed E-state index contributed by atoms with van der Waals surface area (Å²) in [5.74, 6) is 0. The van der Waals surface area contributed by atoms with Crippen molar-refractivity contribution in [3.63, 3.8) is 0 Å². The summed E-state index contributed by atoms with van der Waals surface area (Å²) in [7, 11) is -10.0. The molecular weight excluding hydrogens is 280 g/mol. The number of rotatable bonds is 4. The average molecular weight is 290 g/mol. The zero-order chi connectivity index (χ0) is 13.8. The Morgan fingerprint density at radius 3 is 1.89 bits per heavy atom. The summed E-state index contributed by atoms with van der Waals surface area (Å²) in [6.07, 6.45) is 3.10. The van der Waals surface area contributed by atoms with Gasteiger partial charge in [0.25, 0.3) is 0 Å². The lowest BCUT2D eigenvalue weighted by molar-refractivity contribution is 0.480. The largest absolute Gasteiger partial charge is 0.308 e. The summed E-state index contributed by atoms with van der Waals surface area (Å²) in [4.78, 5) is 0. The highest BCUT2D eigenvalue weighted by molar-refractivity contribution is 8.09. The van der Waals surface area contributed by atoms with Gasteiger partial charge in [-0.05, 0) is 11.6 Å². The highest BCUT2D eigenvalue weighted by atomic mass is 32.3. The molecule has 0 atom stereocenters. The molecular formula is C10H10O6S2. The van der Waals surface area contributed by atoms with Crippen LogP contribution in [0.15, 0.2) is 46.7 Å². The Balaban J connectivity index is 3.11. The summed E-state index contributed by atoms with van der Waals surface area (Å²) in [5, 5.41) is 0. The number of allylic oxidation sites excluding steroid dienone is 2. The van der Waals surface area contributed by atoms with Gasteiger partial charge in [0.2, 0.25) is 4.24 Å². The van der Waals surface area contributed by atoms with E-state index in [1.54, 1.807) is 30.3 Å². The van der Waals surface area contributed by atoms with Gasteiger partial charge in [-0.25, -0.2) is 0 Å². The molecule has 0 aliphatic rings. The van der Waals surface area contributed by atoms with E-state index in [1.165, 1.54) is 6.08 Å². The Hall–Kier alpha value is -1.48. The van der Waals surface area contributed by atoms with Gasteiger partial charge >= 0.3 is 20.2 Å². The van der Waals surface area contributed by atoms with Crippen LogP contribution in [-0.4, -0.2) is 25.9 Å². The summed E-state index contributed by atoms with van der Waals surface area (Å²) in [6.45, 7) is 0. The molecule has 0 fully saturated rings. The van der Waals surface area contributed by atoms with Gasteiger partial charge in [-0.3, -0.25) is 9.11 Å². The molecule has 1 aromatic carbocycles. The molecule has 0 amide bonds. The Morgan fingerprint density at radius 2 is 1.44 bits per heavy atom. The standard InChI is InChI=1S/C10H10O6S2/c11-17(12,13)10(18(14,15)16)8-4-7-9-5-2-1-3-6-9/h1-8H,(H,11,12,13)(H,14,15,16). The normalized spacial score (nSPS) is 12.6. The maximum atomic E-state index is 10.7. The third-order valence-corrected chi connectivity index (χ3v) is 4.38. The SMILES string of the molecule is O=S(=O)(O)C(=CC=Cc1ccccc1)S(=O)(=O)O. The number of benzene rings is 1. The second-order valence-electron chi connectivity index (χ2n) is 3.21. The molecule has 0 radical (unpaired) electrons. The summed E-state index contributed by atoms with van der Waals surface area (Å²) in [5.41, 5.74) is 0.693. The fourth-order valence-electron chi connectivity index (χ4n) is 1.11. The molecule has 0 heterocycles. The van der Waals surface area contributed by atoms with Crippen molar-refractivity contribution in [1.82, 2.24) is 0 Å². The first-order valence-corrected chi connectivity index (χ1v) is 7.47. The Morgan fingerprint density at radius 1 is 0.944 bits per heavy atom. The molecule has 98 valence electrons. The van der Waals surface area contributed by atoms with E-state index in [0.29, 0.717) is 11.6 Å². The minimum atomic E-state index is -5.01. The lowest BCUT2D eigenvalue weighted by Crippen LogP contribution is -2.11. The summed E-state index contributed by atoms with van der Waals surface area (Å²) >= 11 is 0. The van der Waals surface area contributed by atoms with Crippen LogP contribution in [0, 0.1) is 0 Å². The molecule has 1 rings (SSSR count). The van der Waals surface area contributed by atoms with Gasteiger partial charge in [-0.2, -0.15) is 16.8 Å². The highest BCUT2D eigenvalue weighted by Gasteiger charge is 2.26. The second kappa shape index (κ2) is 5.44. The van der Waals surface area contributed by atoms with Crippen molar-refractivity contribution in [3.05, 3.63) is 52.3 Å². The molecule has 0 unspecified atom stereocenters. The molecule has 1 aromatic rings. The minimum Gasteiger partial charge on any atom is -0.281 e. The van der Waals surface area contributed by atoms with E-state index < -0.39 is 24.5 Å². The van der Waals surface area contributed by atoms with Gasteiger partial charge in [0, 0.05) is 0 Å². The van der Waals surface area contributed by atoms with Crippen LogP contribution in [0.3, 0.4) is 0 Å². The van der Waals surface area contributed by atoms with Crippen LogP contribution in [0.2, 0.25) is 0 Å². The van der Waals surface area contributed by atoms with Crippen molar-refractivity contribution in [1.29, 1.82) is 0 Å². The highest BCUT2D eigenvalue weighted by Crippen LogP contribution is 2.12. The van der Waals surface area contributed by atoms with Crippen LogP contribution in [0.5, 0.6) is 0 Å². The zero-order valence-corrected chi connectivity index (χ0v) is 10.6. The fraction of sp³-hybridized carbons (Fsp3) is 0. The smallest absolute Gasteiger partial charge is 0.281 e. The average Bonchev–Trinajstić information content (AvgIpc) is 2.22. The van der Waals surface area contributed by atoms with E-state index in [2.05, 4.69) is 0 Å². The first-order valence-electron chi connectivity index (χ1n) is 4.59. The van der Waals surface area contributed by atoms with Gasteiger partial charge < -0.3 is 0 Å². The van der Waals surface area contributed by atoms with E-state index >= 15 is 0 Å². The molecule has 6 nitrogen and oxygen atoms in total. The van der Waals surface area contributed by atoms with Gasteiger partial charge in [0.05, 0.1) is 0 Å². The third-order valence-electron chi connectivity index (χ3n) is 1.83. The molecule has 0 spiro atoms. The molecule has 8 heteroatoms. The van der Waals surface area contributed by atoms with Gasteiger partial charge in [-0.15, -0.1) is 0 Å². The Bertz CT molecular complexity index is 634. The Labute approximate surface area is 105 Å². The summed E-state index contributed by atoms with van der Waals surface area (Å²) in [6, 6.07) is 8.64. The van der Waals surface area contributed by atoms with Crippen molar-refractivity contribution < 1.29 is 25.9 Å². The second-order valence-corrected chi connectivity index (χ2v) is 6.24. The van der Waals surface area contributed by atoms with E-state index in [0.717, 1.165) is 6.08 Å². The van der Waals surface area contributed by atoms with Crippen LogP contribution < -0.4 is 0 Å². The van der Waals surface area contributed by atoms with Crippen LogP contribution >= 0.6 is 0 Å². The predicted molar refractivity (Wildman–Crippen MR) is 66.7 cm³/mol. The van der Waals surface area contributed by atoms with Crippen LogP contribution in [0.25, 0.3) is 6.08 Å². The first-order chi connectivity index (χ1) is 8.21. The maximum absolute atomic E-state index is 10.7. The van der Waals surface area contributed by atoms with Crippen LogP contribution in [0.1, 0.15) is 5.56 Å². The van der Waals surface area contributed by atoms with Gasteiger partial charge in [0.15, 0.2) is 0 Å². The molecule has 0 bridgehead atoms. The third kappa shape index (κ3) is 4.41. The topological polar surface area (TPSA) is 109 Å². The van der Waals surface area contributed by atoms with Crippen molar-refractivity contribution in [2.45, 2.75) is 0 Å². The molecule has 2 N–H and O–H groups in total. The number of hydrogen-bond donors (Lipinski definition) is 2. The van der Waals surface area contributed by atoms with E-state index in [-0.39, 0.29) is 0 Å². The Kier molecular flexibility index (Phi) is 4.41. The first kappa shape index (κ1) is 14.6. The molecule has 0 saturated heterocycles. The zero-order valence-electron chi connectivity index (χ0n) is 8.96. The van der Waals surface area contributed by atoms with E-state index in [1.807, 2.05) is 0 Å². The monoisotopic (exact) mass is 290 g/mol. The fourth-order valence-corrected chi connectivity index (χ4v) is 2.67. The molecule has 0 aliphatic heterocycles. The number of hydrogen-bond acceptors (Lipinski definition) is 4. The van der Waals surface area contributed by atoms with Crippen molar-refractivity contribution in [2.24, 2.45) is 0 Å². The molecule has 0 aliphatic carbocycles. The quantitative estimate of drug-likeness (QED) is 0.639. The van der Waals surface area contributed by atoms with Crippen LogP contribution in [-0.2, 0) is 20.2 Å². The van der Waals surface area contributed by atoms with Gasteiger partial charge in [0.1, 0.15) is 0 Å². The van der Waals surface area contributed by atoms with Gasteiger partial charge in [-0.1, -0.05) is 42.5 Å². The van der Waals surface area contributed by atoms with E-state index in [9.17, 15) is 16.8 Å². The van der Waals surface area contributed by atoms with Crippen molar-refractivity contribution in [2.75, 3.05) is 0 Å². The lowest BCUT2D eigenvalue weighted by Gasteiger charge is -1.97. The minimum absolute atomic E-state index is 0.595. The van der Waals surface area contributed by atoms with Crippen LogP contribution in [0.4, 0.5) is 0 Å². The van der Waals surface area contributed by atoms with Crippen molar-refractivity contribution in [3.8, 4) is 0 Å². The molecule has 18 heavy (non-hydrogen) atoms. The van der Waals surface area contributed by atoms with E-state index in [4.69, 9.17) is 9.11 Å². The lowest BCUT2D eigenvalue weighted by atomic mass is 10.2. The summed E-state index contributed by atoms with van der Waals surface area (Å²) < 4.78 is 58.8. The maximum Gasteiger partial charge on any atom is 0.308 e.